The number of halogens is 2. The molecular weight excluding hydrogens is 272 g/mol. The molecule has 4 heteroatoms. The number of hydrogen-bond acceptors (Lipinski definition) is 2. The van der Waals surface area contributed by atoms with Crippen molar-refractivity contribution in [1.82, 2.24) is 0 Å². The molecule has 2 aromatic carbocycles. The molecule has 2 rings (SSSR count). The van der Waals surface area contributed by atoms with Gasteiger partial charge in [0.25, 0.3) is 6.43 Å². The molecular formula is C17H15F2NO. The first-order valence-corrected chi connectivity index (χ1v) is 6.44. The maximum Gasteiger partial charge on any atom is 0.263 e. The van der Waals surface area contributed by atoms with Crippen LogP contribution < -0.4 is 0 Å². The first-order valence-electron chi connectivity index (χ1n) is 6.44. The Labute approximate surface area is 122 Å². The monoisotopic (exact) mass is 287 g/mol. The summed E-state index contributed by atoms with van der Waals surface area (Å²) in [5, 5.41) is 3.79. The third kappa shape index (κ3) is 4.53. The van der Waals surface area contributed by atoms with Crippen molar-refractivity contribution in [2.45, 2.75) is 13.0 Å². The molecule has 0 spiro atoms. The van der Waals surface area contributed by atoms with Crippen LogP contribution in [-0.4, -0.2) is 6.21 Å². The quantitative estimate of drug-likeness (QED) is 0.551. The average molecular weight is 287 g/mol. The maximum atomic E-state index is 12.5. The van der Waals surface area contributed by atoms with Gasteiger partial charge >= 0.3 is 0 Å². The summed E-state index contributed by atoms with van der Waals surface area (Å²) in [5.74, 6) is 0. The molecule has 0 unspecified atom stereocenters. The SMILES string of the molecule is C=Cc1ccc(CON=Cc2cccc(C(F)F)c2)cc1. The molecule has 0 N–H and O–H groups in total. The standard InChI is InChI=1S/C17H15F2NO/c1-2-13-6-8-14(9-7-13)12-21-20-11-15-4-3-5-16(10-15)17(18)19/h2-11,17H,1,12H2. The van der Waals surface area contributed by atoms with Crippen LogP contribution in [0.4, 0.5) is 8.78 Å². The molecule has 108 valence electrons. The number of benzene rings is 2. The molecule has 0 aliphatic heterocycles. The van der Waals surface area contributed by atoms with Gasteiger partial charge < -0.3 is 4.84 Å². The van der Waals surface area contributed by atoms with Crippen LogP contribution in [0.15, 0.2) is 60.3 Å². The van der Waals surface area contributed by atoms with Crippen LogP contribution >= 0.6 is 0 Å². The van der Waals surface area contributed by atoms with Gasteiger partial charge in [0, 0.05) is 5.56 Å². The van der Waals surface area contributed by atoms with Crippen LogP contribution in [0.25, 0.3) is 6.08 Å². The molecule has 2 nitrogen and oxygen atoms in total. The summed E-state index contributed by atoms with van der Waals surface area (Å²) in [5.41, 5.74) is 2.55. The fraction of sp³-hybridized carbons (Fsp3) is 0.118. The molecule has 0 amide bonds. The smallest absolute Gasteiger partial charge is 0.263 e. The van der Waals surface area contributed by atoms with E-state index in [-0.39, 0.29) is 5.56 Å². The molecule has 0 saturated carbocycles. The molecule has 0 atom stereocenters. The van der Waals surface area contributed by atoms with Crippen molar-refractivity contribution in [3.8, 4) is 0 Å². The summed E-state index contributed by atoms with van der Waals surface area (Å²) >= 11 is 0. The van der Waals surface area contributed by atoms with Gasteiger partial charge in [0.05, 0.1) is 6.21 Å². The Morgan fingerprint density at radius 2 is 1.86 bits per heavy atom. The van der Waals surface area contributed by atoms with Crippen LogP contribution in [0, 0.1) is 0 Å². The van der Waals surface area contributed by atoms with Crippen molar-refractivity contribution < 1.29 is 13.6 Å². The van der Waals surface area contributed by atoms with Crippen LogP contribution in [0.2, 0.25) is 0 Å². The zero-order chi connectivity index (χ0) is 15.1. The van der Waals surface area contributed by atoms with Crippen molar-refractivity contribution in [2.75, 3.05) is 0 Å². The minimum absolute atomic E-state index is 0.0287. The highest BCUT2D eigenvalue weighted by Gasteiger charge is 2.05. The molecule has 0 fully saturated rings. The fourth-order valence-electron chi connectivity index (χ4n) is 1.73. The minimum atomic E-state index is -2.48. The number of rotatable bonds is 6. The number of nitrogens with zero attached hydrogens (tertiary/aromatic N) is 1. The normalized spacial score (nSPS) is 11.0. The Morgan fingerprint density at radius 1 is 1.10 bits per heavy atom. The largest absolute Gasteiger partial charge is 0.391 e. The third-order valence-electron chi connectivity index (χ3n) is 2.89. The van der Waals surface area contributed by atoms with E-state index in [4.69, 9.17) is 4.84 Å². The Kier molecular flexibility index (Phi) is 5.21. The van der Waals surface area contributed by atoms with Gasteiger partial charge in [-0.2, -0.15) is 0 Å². The predicted molar refractivity (Wildman–Crippen MR) is 80.3 cm³/mol. The van der Waals surface area contributed by atoms with E-state index in [1.807, 2.05) is 24.3 Å². The number of oxime groups is 1. The Bertz CT molecular complexity index is 621. The zero-order valence-corrected chi connectivity index (χ0v) is 11.4. The van der Waals surface area contributed by atoms with Gasteiger partial charge in [-0.15, -0.1) is 0 Å². The summed E-state index contributed by atoms with van der Waals surface area (Å²) in [4.78, 5) is 5.15. The molecule has 0 bridgehead atoms. The molecule has 0 aliphatic carbocycles. The molecule has 2 aromatic rings. The lowest BCUT2D eigenvalue weighted by Gasteiger charge is -2.02. The lowest BCUT2D eigenvalue weighted by atomic mass is 10.1. The van der Waals surface area contributed by atoms with E-state index in [2.05, 4.69) is 11.7 Å². The van der Waals surface area contributed by atoms with Crippen LogP contribution in [0.3, 0.4) is 0 Å². The summed E-state index contributed by atoms with van der Waals surface area (Å²) < 4.78 is 25.1. The first-order chi connectivity index (χ1) is 10.2. The summed E-state index contributed by atoms with van der Waals surface area (Å²) in [6.07, 6.45) is 0.700. The van der Waals surface area contributed by atoms with Crippen LogP contribution in [-0.2, 0) is 11.4 Å². The highest BCUT2D eigenvalue weighted by Crippen LogP contribution is 2.18. The zero-order valence-electron chi connectivity index (χ0n) is 11.4. The number of alkyl halides is 2. The Morgan fingerprint density at radius 3 is 2.52 bits per heavy atom. The molecule has 0 heterocycles. The second-order valence-corrected chi connectivity index (χ2v) is 4.42. The van der Waals surface area contributed by atoms with Gasteiger partial charge in [0.15, 0.2) is 0 Å². The fourth-order valence-corrected chi connectivity index (χ4v) is 1.73. The predicted octanol–water partition coefficient (Wildman–Crippen LogP) is 4.82. The van der Waals surface area contributed by atoms with E-state index in [9.17, 15) is 8.78 Å². The summed E-state index contributed by atoms with van der Waals surface area (Å²) in [6, 6.07) is 13.7. The Hall–Kier alpha value is -2.49. The van der Waals surface area contributed by atoms with Crippen molar-refractivity contribution in [2.24, 2.45) is 5.16 Å². The van der Waals surface area contributed by atoms with Crippen molar-refractivity contribution in [1.29, 1.82) is 0 Å². The molecule has 0 saturated heterocycles. The van der Waals surface area contributed by atoms with Crippen LogP contribution in [0.5, 0.6) is 0 Å². The van der Waals surface area contributed by atoms with E-state index in [0.29, 0.717) is 12.2 Å². The van der Waals surface area contributed by atoms with Crippen molar-refractivity contribution in [3.05, 3.63) is 77.4 Å². The lowest BCUT2D eigenvalue weighted by Crippen LogP contribution is -1.90. The van der Waals surface area contributed by atoms with Crippen molar-refractivity contribution >= 4 is 12.3 Å². The maximum absolute atomic E-state index is 12.5. The van der Waals surface area contributed by atoms with E-state index in [1.54, 1.807) is 18.2 Å². The van der Waals surface area contributed by atoms with E-state index in [0.717, 1.165) is 11.1 Å². The van der Waals surface area contributed by atoms with Gasteiger partial charge in [-0.05, 0) is 22.8 Å². The third-order valence-corrected chi connectivity index (χ3v) is 2.89. The molecule has 0 aromatic heterocycles. The van der Waals surface area contributed by atoms with Gasteiger partial charge in [0.1, 0.15) is 6.61 Å². The average Bonchev–Trinajstić information content (AvgIpc) is 2.52. The van der Waals surface area contributed by atoms with E-state index >= 15 is 0 Å². The summed E-state index contributed by atoms with van der Waals surface area (Å²) in [7, 11) is 0. The second-order valence-electron chi connectivity index (χ2n) is 4.42. The number of hydrogen-bond donors (Lipinski definition) is 0. The highest BCUT2D eigenvalue weighted by molar-refractivity contribution is 5.79. The lowest BCUT2D eigenvalue weighted by molar-refractivity contribution is 0.132. The minimum Gasteiger partial charge on any atom is -0.391 e. The van der Waals surface area contributed by atoms with Crippen LogP contribution in [0.1, 0.15) is 28.7 Å². The van der Waals surface area contributed by atoms with E-state index in [1.165, 1.54) is 18.3 Å². The molecule has 21 heavy (non-hydrogen) atoms. The second kappa shape index (κ2) is 7.33. The summed E-state index contributed by atoms with van der Waals surface area (Å²) in [6.45, 7) is 4.00. The topological polar surface area (TPSA) is 21.6 Å². The van der Waals surface area contributed by atoms with Gasteiger partial charge in [-0.1, -0.05) is 60.3 Å². The van der Waals surface area contributed by atoms with Gasteiger partial charge in [-0.3, -0.25) is 0 Å². The highest BCUT2D eigenvalue weighted by atomic mass is 19.3. The molecule has 0 aliphatic rings. The van der Waals surface area contributed by atoms with Gasteiger partial charge in [-0.25, -0.2) is 8.78 Å². The molecule has 0 radical (unpaired) electrons. The first kappa shape index (κ1) is 14.9. The van der Waals surface area contributed by atoms with Crippen molar-refractivity contribution in [3.63, 3.8) is 0 Å². The Balaban J connectivity index is 1.90. The van der Waals surface area contributed by atoms with E-state index < -0.39 is 6.43 Å². The van der Waals surface area contributed by atoms with Gasteiger partial charge in [0.2, 0.25) is 0 Å².